The Morgan fingerprint density at radius 2 is 2.00 bits per heavy atom. The molecule has 0 saturated heterocycles. The van der Waals surface area contributed by atoms with E-state index >= 15 is 0 Å². The van der Waals surface area contributed by atoms with Crippen LogP contribution in [-0.4, -0.2) is 52.0 Å². The van der Waals surface area contributed by atoms with Gasteiger partial charge in [-0.3, -0.25) is 4.99 Å². The predicted molar refractivity (Wildman–Crippen MR) is 92.4 cm³/mol. The summed E-state index contributed by atoms with van der Waals surface area (Å²) in [6.45, 7) is 12.8. The maximum Gasteiger partial charge on any atom is 0.191 e. The van der Waals surface area contributed by atoms with Gasteiger partial charge in [-0.1, -0.05) is 20.8 Å². The third kappa shape index (κ3) is 8.59. The van der Waals surface area contributed by atoms with Gasteiger partial charge in [-0.15, -0.1) is 0 Å². The smallest absolute Gasteiger partial charge is 0.191 e. The van der Waals surface area contributed by atoms with Gasteiger partial charge in [0.15, 0.2) is 5.96 Å². The van der Waals surface area contributed by atoms with Crippen molar-refractivity contribution in [3.8, 4) is 0 Å². The maximum absolute atomic E-state index is 5.64. The summed E-state index contributed by atoms with van der Waals surface area (Å²) in [6, 6.07) is 0. The van der Waals surface area contributed by atoms with Crippen LogP contribution in [0.1, 0.15) is 47.0 Å². The molecule has 1 aliphatic carbocycles. The molecule has 1 rings (SSSR count). The Hall–Kier alpha value is -0.810. The summed E-state index contributed by atoms with van der Waals surface area (Å²) in [4.78, 5) is 4.64. The number of ether oxygens (including phenoxy) is 2. The highest BCUT2D eigenvalue weighted by Crippen LogP contribution is 2.28. The first kappa shape index (κ1) is 19.2. The molecule has 0 aromatic carbocycles. The Morgan fingerprint density at radius 1 is 1.27 bits per heavy atom. The van der Waals surface area contributed by atoms with Crippen molar-refractivity contribution >= 4 is 5.96 Å². The van der Waals surface area contributed by atoms with E-state index in [0.717, 1.165) is 44.6 Å². The zero-order chi connectivity index (χ0) is 16.4. The standard InChI is InChI=1S/C17H35N3O2/c1-6-18-16(20-12-15(21-5)17(2,3)4)19-10-7-11-22-13-14-8-9-14/h14-15H,6-13H2,1-5H3,(H2,18,19,20). The number of hydrogen-bond acceptors (Lipinski definition) is 3. The summed E-state index contributed by atoms with van der Waals surface area (Å²) in [7, 11) is 1.75. The SMILES string of the molecule is CCNC(=NCC(OC)C(C)(C)C)NCCCOCC1CC1. The van der Waals surface area contributed by atoms with Gasteiger partial charge in [0, 0.05) is 33.4 Å². The monoisotopic (exact) mass is 313 g/mol. The van der Waals surface area contributed by atoms with Crippen molar-refractivity contribution in [1.82, 2.24) is 10.6 Å². The molecular weight excluding hydrogens is 278 g/mol. The van der Waals surface area contributed by atoms with Crippen LogP contribution in [-0.2, 0) is 9.47 Å². The summed E-state index contributed by atoms with van der Waals surface area (Å²) in [5.41, 5.74) is 0.0895. The average Bonchev–Trinajstić information content (AvgIpc) is 3.25. The second-order valence-electron chi connectivity index (χ2n) is 7.11. The number of guanidine groups is 1. The Kier molecular flexibility index (Phi) is 8.79. The van der Waals surface area contributed by atoms with Crippen LogP contribution in [0.5, 0.6) is 0 Å². The number of nitrogens with one attached hydrogen (secondary N) is 2. The fourth-order valence-electron chi connectivity index (χ4n) is 2.13. The van der Waals surface area contributed by atoms with Crippen LogP contribution >= 0.6 is 0 Å². The van der Waals surface area contributed by atoms with E-state index in [4.69, 9.17) is 9.47 Å². The van der Waals surface area contributed by atoms with Gasteiger partial charge in [-0.05, 0) is 37.5 Å². The number of methoxy groups -OCH3 is 1. The lowest BCUT2D eigenvalue weighted by Gasteiger charge is -2.28. The van der Waals surface area contributed by atoms with Crippen molar-refractivity contribution < 1.29 is 9.47 Å². The fourth-order valence-corrected chi connectivity index (χ4v) is 2.13. The minimum absolute atomic E-state index is 0.0895. The van der Waals surface area contributed by atoms with E-state index in [9.17, 15) is 0 Å². The van der Waals surface area contributed by atoms with Crippen LogP contribution in [0.2, 0.25) is 0 Å². The predicted octanol–water partition coefficient (Wildman–Crippen LogP) is 2.42. The molecule has 22 heavy (non-hydrogen) atoms. The fraction of sp³-hybridized carbons (Fsp3) is 0.941. The molecule has 0 aliphatic heterocycles. The van der Waals surface area contributed by atoms with Crippen molar-refractivity contribution in [1.29, 1.82) is 0 Å². The molecule has 5 nitrogen and oxygen atoms in total. The molecule has 130 valence electrons. The van der Waals surface area contributed by atoms with Gasteiger partial charge in [0.25, 0.3) is 0 Å². The normalized spacial score (nSPS) is 17.4. The Bertz CT molecular complexity index is 322. The molecule has 0 aromatic heterocycles. The molecule has 2 N–H and O–H groups in total. The third-order valence-corrected chi connectivity index (χ3v) is 3.82. The molecule has 5 heteroatoms. The number of rotatable bonds is 10. The quantitative estimate of drug-likeness (QED) is 0.369. The molecular formula is C17H35N3O2. The van der Waals surface area contributed by atoms with Crippen molar-refractivity contribution in [2.45, 2.75) is 53.1 Å². The average molecular weight is 313 g/mol. The van der Waals surface area contributed by atoms with Gasteiger partial charge in [-0.25, -0.2) is 0 Å². The van der Waals surface area contributed by atoms with Crippen molar-refractivity contribution in [2.24, 2.45) is 16.3 Å². The molecule has 0 radical (unpaired) electrons. The van der Waals surface area contributed by atoms with Crippen LogP contribution in [0.4, 0.5) is 0 Å². The minimum Gasteiger partial charge on any atom is -0.381 e. The van der Waals surface area contributed by atoms with Crippen molar-refractivity contribution in [3.63, 3.8) is 0 Å². The highest BCUT2D eigenvalue weighted by atomic mass is 16.5. The van der Waals surface area contributed by atoms with Crippen molar-refractivity contribution in [3.05, 3.63) is 0 Å². The molecule has 1 fully saturated rings. The van der Waals surface area contributed by atoms with E-state index in [-0.39, 0.29) is 11.5 Å². The summed E-state index contributed by atoms with van der Waals surface area (Å²) >= 11 is 0. The molecule has 0 heterocycles. The molecule has 1 unspecified atom stereocenters. The van der Waals surface area contributed by atoms with Gasteiger partial charge < -0.3 is 20.1 Å². The van der Waals surface area contributed by atoms with Gasteiger partial charge in [-0.2, -0.15) is 0 Å². The first-order valence-corrected chi connectivity index (χ1v) is 8.60. The summed E-state index contributed by atoms with van der Waals surface area (Å²) in [5.74, 6) is 1.70. The first-order chi connectivity index (χ1) is 10.5. The van der Waals surface area contributed by atoms with E-state index in [0.29, 0.717) is 6.54 Å². The summed E-state index contributed by atoms with van der Waals surface area (Å²) in [5, 5.41) is 6.63. The second-order valence-corrected chi connectivity index (χ2v) is 7.11. The van der Waals surface area contributed by atoms with Gasteiger partial charge in [0.05, 0.1) is 12.6 Å². The molecule has 1 aliphatic rings. The van der Waals surface area contributed by atoms with E-state index in [1.807, 2.05) is 0 Å². The lowest BCUT2D eigenvalue weighted by Crippen LogP contribution is -2.40. The van der Waals surface area contributed by atoms with Crippen LogP contribution in [0, 0.1) is 11.3 Å². The van der Waals surface area contributed by atoms with Crippen LogP contribution in [0.3, 0.4) is 0 Å². The zero-order valence-corrected chi connectivity index (χ0v) is 15.1. The van der Waals surface area contributed by atoms with E-state index in [1.165, 1.54) is 12.8 Å². The van der Waals surface area contributed by atoms with E-state index < -0.39 is 0 Å². The highest BCUT2D eigenvalue weighted by molar-refractivity contribution is 5.79. The Balaban J connectivity index is 2.24. The second kappa shape index (κ2) is 10.1. The zero-order valence-electron chi connectivity index (χ0n) is 15.1. The van der Waals surface area contributed by atoms with Gasteiger partial charge in [0.2, 0.25) is 0 Å². The topological polar surface area (TPSA) is 54.9 Å². The van der Waals surface area contributed by atoms with Crippen LogP contribution < -0.4 is 10.6 Å². The number of hydrogen-bond donors (Lipinski definition) is 2. The van der Waals surface area contributed by atoms with Crippen LogP contribution in [0.15, 0.2) is 4.99 Å². The van der Waals surface area contributed by atoms with E-state index in [1.54, 1.807) is 7.11 Å². The van der Waals surface area contributed by atoms with Gasteiger partial charge >= 0.3 is 0 Å². The Morgan fingerprint density at radius 3 is 2.55 bits per heavy atom. The lowest BCUT2D eigenvalue weighted by molar-refractivity contribution is 0.0241. The molecule has 0 aromatic rings. The summed E-state index contributed by atoms with van der Waals surface area (Å²) in [6.07, 6.45) is 3.82. The highest BCUT2D eigenvalue weighted by Gasteiger charge is 2.24. The van der Waals surface area contributed by atoms with E-state index in [2.05, 4.69) is 43.3 Å². The van der Waals surface area contributed by atoms with Crippen molar-refractivity contribution in [2.75, 3.05) is 40.0 Å². The molecule has 0 amide bonds. The molecule has 0 spiro atoms. The number of aliphatic imine (C=N–C) groups is 1. The third-order valence-electron chi connectivity index (χ3n) is 3.82. The molecule has 0 bridgehead atoms. The molecule has 1 saturated carbocycles. The maximum atomic E-state index is 5.64. The molecule has 1 atom stereocenters. The lowest BCUT2D eigenvalue weighted by atomic mass is 9.89. The first-order valence-electron chi connectivity index (χ1n) is 8.60. The minimum atomic E-state index is 0.0895. The number of nitrogens with zero attached hydrogens (tertiary/aromatic N) is 1. The Labute approximate surface area is 136 Å². The van der Waals surface area contributed by atoms with Crippen LogP contribution in [0.25, 0.3) is 0 Å². The summed E-state index contributed by atoms with van der Waals surface area (Å²) < 4.78 is 11.2. The largest absolute Gasteiger partial charge is 0.381 e. The van der Waals surface area contributed by atoms with Gasteiger partial charge in [0.1, 0.15) is 0 Å².